The smallest absolute Gasteiger partial charge is 0.309 e. The standard InChI is InChI=1S/C43H20F3N7/c1-24-5-4-6-35(43(44,45)46)42(24)27-17-38(52-36-15-25(21-47)7-11-30(36)32-13-9-28(50-2)19-40(32)52)34(23-49)39(18-27)53-37-16-26(22-48)8-12-31(37)33-14-10-29(51-3)20-41(33)53/h4-20H,1H3. The summed E-state index contributed by atoms with van der Waals surface area (Å²) >= 11 is 0. The van der Waals surface area contributed by atoms with Crippen LogP contribution in [0.1, 0.15) is 27.8 Å². The molecule has 0 saturated carbocycles. The Morgan fingerprint density at radius 3 is 1.45 bits per heavy atom. The molecule has 2 heterocycles. The van der Waals surface area contributed by atoms with Gasteiger partial charge in [-0.15, -0.1) is 0 Å². The monoisotopic (exact) mass is 691 g/mol. The summed E-state index contributed by atoms with van der Waals surface area (Å²) in [4.78, 5) is 7.23. The second-order valence-corrected chi connectivity index (χ2v) is 12.5. The van der Waals surface area contributed by atoms with Crippen LogP contribution in [0.25, 0.3) is 75.8 Å². The Morgan fingerprint density at radius 1 is 0.585 bits per heavy atom. The minimum atomic E-state index is -4.73. The van der Waals surface area contributed by atoms with Crippen molar-refractivity contribution in [2.24, 2.45) is 0 Å². The van der Waals surface area contributed by atoms with Gasteiger partial charge in [0.05, 0.1) is 64.4 Å². The maximum Gasteiger partial charge on any atom is 0.417 e. The van der Waals surface area contributed by atoms with Crippen molar-refractivity contribution < 1.29 is 13.2 Å². The van der Waals surface area contributed by atoms with Crippen LogP contribution in [0.3, 0.4) is 0 Å². The molecular weight excluding hydrogens is 672 g/mol. The van der Waals surface area contributed by atoms with Crippen LogP contribution in [0.5, 0.6) is 0 Å². The molecule has 0 atom stereocenters. The van der Waals surface area contributed by atoms with E-state index in [1.807, 2.05) is 0 Å². The van der Waals surface area contributed by atoms with E-state index < -0.39 is 11.7 Å². The Morgan fingerprint density at radius 2 is 1.04 bits per heavy atom. The Kier molecular flexibility index (Phi) is 7.26. The maximum absolute atomic E-state index is 14.8. The van der Waals surface area contributed by atoms with Crippen molar-refractivity contribution in [3.63, 3.8) is 0 Å². The molecule has 0 N–H and O–H groups in total. The predicted octanol–water partition coefficient (Wildman–Crippen LogP) is 11.6. The highest BCUT2D eigenvalue weighted by molar-refractivity contribution is 6.12. The summed E-state index contributed by atoms with van der Waals surface area (Å²) in [5.74, 6) is 0. The molecule has 10 heteroatoms. The first-order valence-electron chi connectivity index (χ1n) is 16.1. The highest BCUT2D eigenvalue weighted by Gasteiger charge is 2.35. The summed E-state index contributed by atoms with van der Waals surface area (Å²) in [6.07, 6.45) is -4.73. The Balaban J connectivity index is 1.64. The Bertz CT molecular complexity index is 2810. The lowest BCUT2D eigenvalue weighted by Crippen LogP contribution is -2.10. The van der Waals surface area contributed by atoms with Gasteiger partial charge in [-0.05, 0) is 78.2 Å². The van der Waals surface area contributed by atoms with Gasteiger partial charge in [0, 0.05) is 32.6 Å². The molecule has 0 unspecified atom stereocenters. The van der Waals surface area contributed by atoms with E-state index in [0.717, 1.165) is 6.07 Å². The molecule has 0 fully saturated rings. The predicted molar refractivity (Wildman–Crippen MR) is 197 cm³/mol. The van der Waals surface area contributed by atoms with E-state index in [-0.39, 0.29) is 28.1 Å². The van der Waals surface area contributed by atoms with Crippen molar-refractivity contribution in [1.29, 1.82) is 15.8 Å². The third kappa shape index (κ3) is 4.93. The second-order valence-electron chi connectivity index (χ2n) is 12.5. The van der Waals surface area contributed by atoms with Crippen molar-refractivity contribution in [1.82, 2.24) is 9.13 Å². The summed E-state index contributed by atoms with van der Waals surface area (Å²) in [6.45, 7) is 17.1. The average Bonchev–Trinajstić information content (AvgIpc) is 3.67. The van der Waals surface area contributed by atoms with E-state index in [9.17, 15) is 29.0 Å². The molecule has 0 saturated heterocycles. The third-order valence-electron chi connectivity index (χ3n) is 9.58. The van der Waals surface area contributed by atoms with Gasteiger partial charge in [0.15, 0.2) is 11.4 Å². The lowest BCUT2D eigenvalue weighted by atomic mass is 9.92. The highest BCUT2D eigenvalue weighted by Crippen LogP contribution is 2.45. The van der Waals surface area contributed by atoms with Crippen molar-refractivity contribution in [3.05, 3.63) is 154 Å². The van der Waals surface area contributed by atoms with Crippen LogP contribution >= 0.6 is 0 Å². The van der Waals surface area contributed by atoms with Gasteiger partial charge in [-0.2, -0.15) is 29.0 Å². The third-order valence-corrected chi connectivity index (χ3v) is 9.58. The first-order chi connectivity index (χ1) is 25.6. The van der Waals surface area contributed by atoms with Gasteiger partial charge >= 0.3 is 6.18 Å². The highest BCUT2D eigenvalue weighted by atomic mass is 19.4. The van der Waals surface area contributed by atoms with Crippen molar-refractivity contribution in [2.45, 2.75) is 13.1 Å². The normalized spacial score (nSPS) is 11.3. The summed E-state index contributed by atoms with van der Waals surface area (Å²) in [5, 5.41) is 33.7. The number of aromatic nitrogens is 2. The van der Waals surface area contributed by atoms with Gasteiger partial charge in [0.2, 0.25) is 0 Å². The van der Waals surface area contributed by atoms with Crippen LogP contribution in [-0.4, -0.2) is 9.13 Å². The minimum Gasteiger partial charge on any atom is -0.309 e. The Hall–Kier alpha value is -7.84. The zero-order valence-electron chi connectivity index (χ0n) is 27.6. The molecule has 0 aliphatic carbocycles. The van der Waals surface area contributed by atoms with E-state index in [2.05, 4.69) is 27.9 Å². The van der Waals surface area contributed by atoms with Crippen molar-refractivity contribution >= 4 is 55.0 Å². The molecule has 53 heavy (non-hydrogen) atoms. The maximum atomic E-state index is 14.8. The number of aryl methyl sites for hydroxylation is 1. The van der Waals surface area contributed by atoms with Crippen LogP contribution < -0.4 is 0 Å². The fourth-order valence-electron chi connectivity index (χ4n) is 7.32. The fraction of sp³-hybridized carbons (Fsp3) is 0.0465. The quantitative estimate of drug-likeness (QED) is 0.173. The van der Waals surface area contributed by atoms with Crippen LogP contribution in [0.4, 0.5) is 24.5 Å². The van der Waals surface area contributed by atoms with Crippen LogP contribution in [0.2, 0.25) is 0 Å². The first kappa shape index (κ1) is 32.4. The lowest BCUT2D eigenvalue weighted by Gasteiger charge is -2.21. The van der Waals surface area contributed by atoms with E-state index in [4.69, 9.17) is 13.1 Å². The SMILES string of the molecule is [C-]#[N+]c1ccc2c3ccc(C#N)cc3n(-c3cc(-c4c(C)cccc4C(F)(F)F)cc(-n4c5cc(C#N)ccc5c5ccc([N+]#[C-])cc54)c3C#N)c2c1. The molecule has 0 amide bonds. The van der Waals surface area contributed by atoms with E-state index in [1.54, 1.807) is 107 Å². The van der Waals surface area contributed by atoms with Gasteiger partial charge < -0.3 is 9.13 Å². The fourth-order valence-corrected chi connectivity index (χ4v) is 7.32. The molecule has 0 aliphatic heterocycles. The van der Waals surface area contributed by atoms with Gasteiger partial charge in [-0.1, -0.05) is 48.5 Å². The molecule has 0 radical (unpaired) electrons. The van der Waals surface area contributed by atoms with Crippen LogP contribution in [0, 0.1) is 54.1 Å². The molecule has 248 valence electrons. The molecule has 8 aromatic rings. The molecule has 0 spiro atoms. The number of hydrogen-bond acceptors (Lipinski definition) is 3. The number of hydrogen-bond donors (Lipinski definition) is 0. The van der Waals surface area contributed by atoms with Gasteiger partial charge in [0.25, 0.3) is 0 Å². The number of rotatable bonds is 3. The van der Waals surface area contributed by atoms with Gasteiger partial charge in [-0.3, -0.25) is 0 Å². The number of alkyl halides is 3. The molecule has 7 nitrogen and oxygen atoms in total. The average molecular weight is 692 g/mol. The number of benzene rings is 6. The van der Waals surface area contributed by atoms with Crippen LogP contribution in [-0.2, 0) is 6.18 Å². The summed E-state index contributed by atoms with van der Waals surface area (Å²) in [7, 11) is 0. The number of halogens is 3. The van der Waals surface area contributed by atoms with Crippen molar-refractivity contribution in [2.75, 3.05) is 0 Å². The Labute approximate surface area is 300 Å². The van der Waals surface area contributed by atoms with E-state index in [1.165, 1.54) is 6.07 Å². The first-order valence-corrected chi connectivity index (χ1v) is 16.1. The second kappa shape index (κ2) is 11.9. The van der Waals surface area contributed by atoms with Crippen LogP contribution in [0.15, 0.2) is 103 Å². The van der Waals surface area contributed by atoms with Gasteiger partial charge in [0.1, 0.15) is 11.6 Å². The zero-order chi connectivity index (χ0) is 37.2. The largest absolute Gasteiger partial charge is 0.417 e. The zero-order valence-corrected chi connectivity index (χ0v) is 27.6. The summed E-state index contributed by atoms with van der Waals surface area (Å²) < 4.78 is 47.8. The molecule has 0 aliphatic rings. The number of nitrogens with zero attached hydrogens (tertiary/aromatic N) is 7. The summed E-state index contributed by atoms with van der Waals surface area (Å²) in [6, 6.07) is 34.0. The molecule has 2 aromatic heterocycles. The summed E-state index contributed by atoms with van der Waals surface area (Å²) in [5.41, 5.74) is 3.29. The molecule has 0 bridgehead atoms. The van der Waals surface area contributed by atoms with E-state index in [0.29, 0.717) is 71.7 Å². The molecule has 6 aromatic carbocycles. The number of nitriles is 3. The van der Waals surface area contributed by atoms with E-state index >= 15 is 0 Å². The van der Waals surface area contributed by atoms with Crippen molar-refractivity contribution in [3.8, 4) is 40.7 Å². The minimum absolute atomic E-state index is 0.0691. The molecular formula is C43H20F3N7. The molecule has 8 rings (SSSR count). The lowest BCUT2D eigenvalue weighted by molar-refractivity contribution is -0.137. The topological polar surface area (TPSA) is 89.9 Å². The number of fused-ring (bicyclic) bond motifs is 6. The van der Waals surface area contributed by atoms with Gasteiger partial charge in [-0.25, -0.2) is 9.69 Å².